The zero-order valence-corrected chi connectivity index (χ0v) is 12.8. The average molecular weight is 297 g/mol. The lowest BCUT2D eigenvalue weighted by molar-refractivity contribution is 0.305. The van der Waals surface area contributed by atoms with Gasteiger partial charge in [-0.3, -0.25) is 0 Å². The van der Waals surface area contributed by atoms with E-state index in [0.717, 1.165) is 31.9 Å². The third kappa shape index (κ3) is 3.47. The van der Waals surface area contributed by atoms with E-state index in [0.29, 0.717) is 6.61 Å². The molecule has 0 radical (unpaired) electrons. The number of halogens is 1. The minimum absolute atomic E-state index is 0.0176. The molecule has 0 spiro atoms. The van der Waals surface area contributed by atoms with Crippen LogP contribution in [0.25, 0.3) is 0 Å². The molecule has 2 aromatic rings. The molecule has 3 nitrogen and oxygen atoms in total. The third-order valence-corrected chi connectivity index (χ3v) is 4.54. The number of hydrogen-bond donors (Lipinski definition) is 1. The van der Waals surface area contributed by atoms with Gasteiger partial charge in [0.1, 0.15) is 17.4 Å². The molecule has 5 heteroatoms. The molecule has 0 aliphatic rings. The quantitative estimate of drug-likeness (QED) is 0.927. The molecule has 0 fully saturated rings. The van der Waals surface area contributed by atoms with Crippen LogP contribution >= 0.6 is 22.9 Å². The van der Waals surface area contributed by atoms with Crippen molar-refractivity contribution in [3.05, 3.63) is 44.4 Å². The van der Waals surface area contributed by atoms with Crippen LogP contribution in [0.4, 0.5) is 0 Å². The number of nitrogens with zero attached hydrogens (tertiary/aromatic N) is 1. The molecule has 1 unspecified atom stereocenters. The molecule has 0 amide bonds. The Balaban J connectivity index is 2.06. The molecule has 0 aliphatic carbocycles. The van der Waals surface area contributed by atoms with Crippen molar-refractivity contribution >= 4 is 22.9 Å². The summed E-state index contributed by atoms with van der Waals surface area (Å²) in [6.45, 7) is 6.36. The molecular formula is C14H17ClN2OS. The second-order valence-electron chi connectivity index (χ2n) is 4.55. The maximum absolute atomic E-state index is 5.98. The zero-order valence-electron chi connectivity index (χ0n) is 11.2. The normalized spacial score (nSPS) is 12.5. The van der Waals surface area contributed by atoms with Crippen molar-refractivity contribution in [1.29, 1.82) is 0 Å². The molecule has 2 rings (SSSR count). The molecule has 0 bridgehead atoms. The second kappa shape index (κ2) is 5.90. The maximum atomic E-state index is 5.98. The van der Waals surface area contributed by atoms with E-state index in [2.05, 4.69) is 4.98 Å². The summed E-state index contributed by atoms with van der Waals surface area (Å²) >= 11 is 7.58. The summed E-state index contributed by atoms with van der Waals surface area (Å²) in [6, 6.07) is 5.65. The Bertz CT molecular complexity index is 581. The fraction of sp³-hybridized carbons (Fsp3) is 0.357. The summed E-state index contributed by atoms with van der Waals surface area (Å²) in [6.07, 6.45) is 0. The first kappa shape index (κ1) is 14.3. The monoisotopic (exact) mass is 296 g/mol. The lowest BCUT2D eigenvalue weighted by Crippen LogP contribution is -2.03. The fourth-order valence-electron chi connectivity index (χ4n) is 1.80. The Hall–Kier alpha value is -1.10. The molecule has 1 atom stereocenters. The van der Waals surface area contributed by atoms with Gasteiger partial charge in [-0.15, -0.1) is 11.3 Å². The van der Waals surface area contributed by atoms with Crippen molar-refractivity contribution in [2.75, 3.05) is 0 Å². The molecule has 1 heterocycles. The summed E-state index contributed by atoms with van der Waals surface area (Å²) in [5, 5.41) is 1.69. The summed E-state index contributed by atoms with van der Waals surface area (Å²) in [4.78, 5) is 5.59. The Labute approximate surface area is 122 Å². The van der Waals surface area contributed by atoms with Gasteiger partial charge in [0.2, 0.25) is 0 Å². The average Bonchev–Trinajstić information content (AvgIpc) is 2.72. The first-order chi connectivity index (χ1) is 8.97. The fourth-order valence-corrected chi connectivity index (χ4v) is 2.85. The Kier molecular flexibility index (Phi) is 4.45. The number of aromatic nitrogens is 1. The van der Waals surface area contributed by atoms with Crippen LogP contribution in [0.3, 0.4) is 0 Å². The van der Waals surface area contributed by atoms with Crippen LogP contribution in [-0.2, 0) is 6.61 Å². The van der Waals surface area contributed by atoms with Crippen molar-refractivity contribution in [2.45, 2.75) is 33.4 Å². The minimum atomic E-state index is 0.0176. The van der Waals surface area contributed by atoms with Gasteiger partial charge in [0.25, 0.3) is 0 Å². The molecule has 2 N–H and O–H groups in total. The van der Waals surface area contributed by atoms with E-state index in [1.165, 1.54) is 0 Å². The highest BCUT2D eigenvalue weighted by Gasteiger charge is 2.11. The minimum Gasteiger partial charge on any atom is -0.486 e. The van der Waals surface area contributed by atoms with E-state index in [4.69, 9.17) is 22.1 Å². The number of hydrogen-bond acceptors (Lipinski definition) is 4. The van der Waals surface area contributed by atoms with E-state index in [1.807, 2.05) is 39.0 Å². The van der Waals surface area contributed by atoms with Gasteiger partial charge in [-0.1, -0.05) is 11.6 Å². The van der Waals surface area contributed by atoms with E-state index in [1.54, 1.807) is 11.3 Å². The molecule has 102 valence electrons. The van der Waals surface area contributed by atoms with E-state index in [-0.39, 0.29) is 6.04 Å². The standard InChI is InChI=1S/C14H17ClN2OS/c1-8-6-11(4-5-12(8)15)18-7-13-17-10(3)14(19-13)9(2)16/h4-6,9H,7,16H2,1-3H3. The van der Waals surface area contributed by atoms with Gasteiger partial charge in [-0.05, 0) is 44.5 Å². The SMILES string of the molecule is Cc1cc(OCc2nc(C)c(C(C)N)s2)ccc1Cl. The molecule has 1 aromatic carbocycles. The van der Waals surface area contributed by atoms with Crippen LogP contribution < -0.4 is 10.5 Å². The maximum Gasteiger partial charge on any atom is 0.140 e. The zero-order chi connectivity index (χ0) is 14.0. The first-order valence-corrected chi connectivity index (χ1v) is 7.27. The number of rotatable bonds is 4. The highest BCUT2D eigenvalue weighted by atomic mass is 35.5. The topological polar surface area (TPSA) is 48.1 Å². The smallest absolute Gasteiger partial charge is 0.140 e. The van der Waals surface area contributed by atoms with Crippen molar-refractivity contribution in [2.24, 2.45) is 5.73 Å². The van der Waals surface area contributed by atoms with Gasteiger partial charge in [0, 0.05) is 15.9 Å². The van der Waals surface area contributed by atoms with Crippen LogP contribution in [0.2, 0.25) is 5.02 Å². The van der Waals surface area contributed by atoms with Crippen LogP contribution in [0, 0.1) is 13.8 Å². The van der Waals surface area contributed by atoms with Gasteiger partial charge in [0.05, 0.1) is 5.69 Å². The van der Waals surface area contributed by atoms with Crippen molar-refractivity contribution in [3.8, 4) is 5.75 Å². The van der Waals surface area contributed by atoms with Gasteiger partial charge >= 0.3 is 0 Å². The molecule has 19 heavy (non-hydrogen) atoms. The van der Waals surface area contributed by atoms with E-state index < -0.39 is 0 Å². The van der Waals surface area contributed by atoms with Crippen molar-refractivity contribution in [3.63, 3.8) is 0 Å². The number of thiazole rings is 1. The lowest BCUT2D eigenvalue weighted by Gasteiger charge is -2.05. The van der Waals surface area contributed by atoms with Crippen LogP contribution in [-0.4, -0.2) is 4.98 Å². The highest BCUT2D eigenvalue weighted by molar-refractivity contribution is 7.11. The molecular weight excluding hydrogens is 280 g/mol. The van der Waals surface area contributed by atoms with Crippen molar-refractivity contribution in [1.82, 2.24) is 4.98 Å². The number of ether oxygens (including phenoxy) is 1. The van der Waals surface area contributed by atoms with Gasteiger partial charge in [-0.25, -0.2) is 4.98 Å². The second-order valence-corrected chi connectivity index (χ2v) is 6.07. The van der Waals surface area contributed by atoms with Crippen LogP contribution in [0.1, 0.15) is 34.1 Å². The molecule has 1 aromatic heterocycles. The summed E-state index contributed by atoms with van der Waals surface area (Å²) < 4.78 is 5.72. The van der Waals surface area contributed by atoms with Gasteiger partial charge in [0.15, 0.2) is 0 Å². The van der Waals surface area contributed by atoms with Crippen molar-refractivity contribution < 1.29 is 4.74 Å². The predicted molar refractivity (Wildman–Crippen MR) is 80.0 cm³/mol. The lowest BCUT2D eigenvalue weighted by atomic mass is 10.2. The Morgan fingerprint density at radius 2 is 2.16 bits per heavy atom. The summed E-state index contributed by atoms with van der Waals surface area (Å²) in [5.41, 5.74) is 7.88. The highest BCUT2D eigenvalue weighted by Crippen LogP contribution is 2.25. The van der Waals surface area contributed by atoms with E-state index in [9.17, 15) is 0 Å². The molecule has 0 aliphatic heterocycles. The van der Waals surface area contributed by atoms with Crippen LogP contribution in [0.15, 0.2) is 18.2 Å². The largest absolute Gasteiger partial charge is 0.486 e. The van der Waals surface area contributed by atoms with Crippen LogP contribution in [0.5, 0.6) is 5.75 Å². The summed E-state index contributed by atoms with van der Waals surface area (Å²) in [5.74, 6) is 0.803. The Morgan fingerprint density at radius 1 is 1.42 bits per heavy atom. The number of nitrogens with two attached hydrogens (primary N) is 1. The van der Waals surface area contributed by atoms with Gasteiger partial charge < -0.3 is 10.5 Å². The molecule has 0 saturated heterocycles. The predicted octanol–water partition coefficient (Wildman–Crippen LogP) is 4.01. The third-order valence-electron chi connectivity index (χ3n) is 2.78. The molecule has 0 saturated carbocycles. The van der Waals surface area contributed by atoms with E-state index >= 15 is 0 Å². The first-order valence-electron chi connectivity index (χ1n) is 6.08. The number of benzene rings is 1. The number of aryl methyl sites for hydroxylation is 2. The van der Waals surface area contributed by atoms with Gasteiger partial charge in [-0.2, -0.15) is 0 Å². The Morgan fingerprint density at radius 3 is 2.74 bits per heavy atom. The summed E-state index contributed by atoms with van der Waals surface area (Å²) in [7, 11) is 0.